The minimum absolute atomic E-state index is 0.136. The molecule has 0 radical (unpaired) electrons. The van der Waals surface area contributed by atoms with E-state index in [1.807, 2.05) is 4.57 Å². The summed E-state index contributed by atoms with van der Waals surface area (Å²) in [6, 6.07) is 7.97. The summed E-state index contributed by atoms with van der Waals surface area (Å²) in [5.41, 5.74) is -0.736. The lowest BCUT2D eigenvalue weighted by Crippen LogP contribution is -2.45. The SMILES string of the molecule is C=CCn1c(COc2ccc(F)cc2)nnc1SCC(=O)NC1(C#N)CCCC1. The maximum Gasteiger partial charge on any atom is 0.231 e. The van der Waals surface area contributed by atoms with Gasteiger partial charge in [0.05, 0.1) is 11.8 Å². The summed E-state index contributed by atoms with van der Waals surface area (Å²) < 4.78 is 20.4. The summed E-state index contributed by atoms with van der Waals surface area (Å²) in [5, 5.41) is 21.1. The Kier molecular flexibility index (Phi) is 6.88. The van der Waals surface area contributed by atoms with Gasteiger partial charge in [-0.1, -0.05) is 17.8 Å². The van der Waals surface area contributed by atoms with Gasteiger partial charge in [-0.3, -0.25) is 9.36 Å². The fraction of sp³-hybridized carbons (Fsp3) is 0.400. The van der Waals surface area contributed by atoms with Gasteiger partial charge in [-0.2, -0.15) is 5.26 Å². The smallest absolute Gasteiger partial charge is 0.231 e. The molecule has 1 fully saturated rings. The first-order valence-corrected chi connectivity index (χ1v) is 10.3. The average Bonchev–Trinajstić information content (AvgIpc) is 3.34. The Morgan fingerprint density at radius 3 is 2.76 bits per heavy atom. The van der Waals surface area contributed by atoms with Crippen LogP contribution in [0.5, 0.6) is 5.75 Å². The normalized spacial score (nSPS) is 14.9. The summed E-state index contributed by atoms with van der Waals surface area (Å²) >= 11 is 1.25. The Balaban J connectivity index is 1.60. The highest BCUT2D eigenvalue weighted by molar-refractivity contribution is 7.99. The number of hydrogen-bond donors (Lipinski definition) is 1. The lowest BCUT2D eigenvalue weighted by Gasteiger charge is -2.21. The molecule has 1 heterocycles. The number of carbonyl (C=O) groups excluding carboxylic acids is 1. The van der Waals surface area contributed by atoms with Crippen molar-refractivity contribution in [3.05, 3.63) is 48.6 Å². The lowest BCUT2D eigenvalue weighted by atomic mass is 10.0. The van der Waals surface area contributed by atoms with Gasteiger partial charge in [-0.05, 0) is 49.9 Å². The van der Waals surface area contributed by atoms with Crippen LogP contribution in [0.25, 0.3) is 0 Å². The lowest BCUT2D eigenvalue weighted by molar-refractivity contribution is -0.119. The number of amides is 1. The average molecular weight is 415 g/mol. The van der Waals surface area contributed by atoms with Crippen LogP contribution >= 0.6 is 11.8 Å². The van der Waals surface area contributed by atoms with E-state index in [-0.39, 0.29) is 24.1 Å². The molecule has 0 saturated heterocycles. The Morgan fingerprint density at radius 2 is 2.10 bits per heavy atom. The molecule has 0 aliphatic heterocycles. The first-order chi connectivity index (χ1) is 14.0. The van der Waals surface area contributed by atoms with Gasteiger partial charge in [0.25, 0.3) is 0 Å². The number of nitrogens with zero attached hydrogens (tertiary/aromatic N) is 4. The number of hydrogen-bond acceptors (Lipinski definition) is 6. The summed E-state index contributed by atoms with van der Waals surface area (Å²) in [4.78, 5) is 12.3. The predicted octanol–water partition coefficient (Wildman–Crippen LogP) is 3.23. The molecule has 0 bridgehead atoms. The van der Waals surface area contributed by atoms with E-state index in [0.717, 1.165) is 12.8 Å². The van der Waals surface area contributed by atoms with Crippen LogP contribution in [0.4, 0.5) is 4.39 Å². The van der Waals surface area contributed by atoms with E-state index < -0.39 is 5.54 Å². The second-order valence-electron chi connectivity index (χ2n) is 6.78. The van der Waals surface area contributed by atoms with Crippen LogP contribution < -0.4 is 10.1 Å². The highest BCUT2D eigenvalue weighted by Gasteiger charge is 2.35. The number of benzene rings is 1. The van der Waals surface area contributed by atoms with Gasteiger partial charge in [-0.25, -0.2) is 4.39 Å². The van der Waals surface area contributed by atoms with Crippen LogP contribution in [0.1, 0.15) is 31.5 Å². The number of nitrogens with one attached hydrogen (secondary N) is 1. The van der Waals surface area contributed by atoms with Crippen molar-refractivity contribution in [2.24, 2.45) is 0 Å². The van der Waals surface area contributed by atoms with Crippen LogP contribution in [-0.4, -0.2) is 32.0 Å². The molecule has 2 aromatic rings. The van der Waals surface area contributed by atoms with Crippen molar-refractivity contribution in [1.82, 2.24) is 20.1 Å². The third-order valence-electron chi connectivity index (χ3n) is 4.67. The second-order valence-corrected chi connectivity index (χ2v) is 7.72. The van der Waals surface area contributed by atoms with Crippen molar-refractivity contribution in [2.75, 3.05) is 5.75 Å². The number of rotatable bonds is 9. The molecule has 1 N–H and O–H groups in total. The molecule has 152 valence electrons. The second kappa shape index (κ2) is 9.56. The molecule has 0 unspecified atom stereocenters. The van der Waals surface area contributed by atoms with E-state index in [1.54, 1.807) is 6.08 Å². The zero-order valence-corrected chi connectivity index (χ0v) is 16.8. The van der Waals surface area contributed by atoms with Crippen LogP contribution in [0.3, 0.4) is 0 Å². The highest BCUT2D eigenvalue weighted by Crippen LogP contribution is 2.29. The van der Waals surface area contributed by atoms with Crippen molar-refractivity contribution >= 4 is 17.7 Å². The first kappa shape index (κ1) is 20.9. The number of halogens is 1. The Hall–Kier alpha value is -2.86. The van der Waals surface area contributed by atoms with E-state index in [1.165, 1.54) is 36.0 Å². The minimum Gasteiger partial charge on any atom is -0.486 e. The molecule has 1 aliphatic rings. The van der Waals surface area contributed by atoms with Gasteiger partial charge in [-0.15, -0.1) is 16.8 Å². The van der Waals surface area contributed by atoms with Gasteiger partial charge >= 0.3 is 0 Å². The summed E-state index contributed by atoms with van der Waals surface area (Å²) in [7, 11) is 0. The number of allylic oxidation sites excluding steroid dienone is 1. The Bertz CT molecular complexity index is 901. The molecule has 0 atom stereocenters. The minimum atomic E-state index is -0.736. The maximum atomic E-state index is 13.0. The van der Waals surface area contributed by atoms with E-state index in [4.69, 9.17) is 4.74 Å². The molecule has 0 spiro atoms. The first-order valence-electron chi connectivity index (χ1n) is 9.32. The zero-order valence-electron chi connectivity index (χ0n) is 15.9. The molecule has 1 aliphatic carbocycles. The van der Waals surface area contributed by atoms with Crippen molar-refractivity contribution < 1.29 is 13.9 Å². The fourth-order valence-electron chi connectivity index (χ4n) is 3.20. The topological polar surface area (TPSA) is 92.8 Å². The summed E-state index contributed by atoms with van der Waals surface area (Å²) in [6.45, 7) is 4.36. The standard InChI is InChI=1S/C20H22FN5O2S/c1-2-11-26-17(12-28-16-7-5-15(21)6-8-16)24-25-19(26)29-13-18(27)23-20(14-22)9-3-4-10-20/h2,5-8H,1,3-4,9-13H2,(H,23,27). The van der Waals surface area contributed by atoms with Crippen molar-refractivity contribution in [3.8, 4) is 11.8 Å². The van der Waals surface area contributed by atoms with Gasteiger partial charge in [0.15, 0.2) is 11.0 Å². The Labute approximate surface area is 173 Å². The summed E-state index contributed by atoms with van der Waals surface area (Å²) in [5.74, 6) is 0.695. The molecular weight excluding hydrogens is 393 g/mol. The molecule has 3 rings (SSSR count). The molecule has 1 aromatic carbocycles. The molecule has 29 heavy (non-hydrogen) atoms. The third kappa shape index (κ3) is 5.35. The molecular formula is C20H22FN5O2S. The van der Waals surface area contributed by atoms with Gasteiger partial charge in [0.2, 0.25) is 5.91 Å². The van der Waals surface area contributed by atoms with Crippen LogP contribution in [-0.2, 0) is 17.9 Å². The maximum absolute atomic E-state index is 13.0. The molecule has 9 heteroatoms. The van der Waals surface area contributed by atoms with E-state index >= 15 is 0 Å². The van der Waals surface area contributed by atoms with E-state index in [0.29, 0.717) is 36.1 Å². The van der Waals surface area contributed by atoms with Gasteiger partial charge < -0.3 is 10.1 Å². The highest BCUT2D eigenvalue weighted by atomic mass is 32.2. The Morgan fingerprint density at radius 1 is 1.38 bits per heavy atom. The molecule has 7 nitrogen and oxygen atoms in total. The molecule has 1 aromatic heterocycles. The van der Waals surface area contributed by atoms with Crippen LogP contribution in [0, 0.1) is 17.1 Å². The number of nitriles is 1. The number of ether oxygens (including phenoxy) is 1. The molecule has 1 saturated carbocycles. The fourth-order valence-corrected chi connectivity index (χ4v) is 3.97. The van der Waals surface area contributed by atoms with Gasteiger partial charge in [0.1, 0.15) is 23.7 Å². The summed E-state index contributed by atoms with van der Waals surface area (Å²) in [6.07, 6.45) is 4.99. The monoisotopic (exact) mass is 415 g/mol. The van der Waals surface area contributed by atoms with Crippen molar-refractivity contribution in [3.63, 3.8) is 0 Å². The van der Waals surface area contributed by atoms with Crippen molar-refractivity contribution in [2.45, 2.75) is 49.5 Å². The quantitative estimate of drug-likeness (QED) is 0.499. The van der Waals surface area contributed by atoms with Crippen LogP contribution in [0.2, 0.25) is 0 Å². The number of thioether (sulfide) groups is 1. The molecule has 1 amide bonds. The van der Waals surface area contributed by atoms with E-state index in [9.17, 15) is 14.4 Å². The zero-order chi connectivity index (χ0) is 20.7. The predicted molar refractivity (Wildman–Crippen MR) is 107 cm³/mol. The largest absolute Gasteiger partial charge is 0.486 e. The number of aromatic nitrogens is 3. The number of carbonyl (C=O) groups is 1. The van der Waals surface area contributed by atoms with Gasteiger partial charge in [0, 0.05) is 6.54 Å². The third-order valence-corrected chi connectivity index (χ3v) is 5.64. The van der Waals surface area contributed by atoms with E-state index in [2.05, 4.69) is 28.2 Å². The van der Waals surface area contributed by atoms with Crippen LogP contribution in [0.15, 0.2) is 42.1 Å². The van der Waals surface area contributed by atoms with Crippen molar-refractivity contribution in [1.29, 1.82) is 5.26 Å².